The number of para-hydroxylation sites is 1. The molecule has 0 bridgehead atoms. The van der Waals surface area contributed by atoms with E-state index in [1.54, 1.807) is 0 Å². The highest BCUT2D eigenvalue weighted by Crippen LogP contribution is 2.27. The molecule has 3 rings (SSSR count). The molecule has 0 aliphatic heterocycles. The summed E-state index contributed by atoms with van der Waals surface area (Å²) in [4.78, 5) is 2.22. The van der Waals surface area contributed by atoms with Crippen molar-refractivity contribution < 1.29 is 4.74 Å². The molecular formula is C23H30ClN3O. The van der Waals surface area contributed by atoms with Crippen LogP contribution in [0.4, 0.5) is 0 Å². The first-order chi connectivity index (χ1) is 13.6. The van der Waals surface area contributed by atoms with Gasteiger partial charge in [0.1, 0.15) is 12.4 Å². The molecule has 28 heavy (non-hydrogen) atoms. The smallest absolute Gasteiger partial charge is 0.128 e. The zero-order valence-electron chi connectivity index (χ0n) is 17.0. The first kappa shape index (κ1) is 20.7. The Morgan fingerprint density at radius 2 is 1.79 bits per heavy atom. The van der Waals surface area contributed by atoms with Crippen molar-refractivity contribution in [3.63, 3.8) is 0 Å². The predicted molar refractivity (Wildman–Crippen MR) is 118 cm³/mol. The number of nitrogens with one attached hydrogen (secondary N) is 1. The third-order valence-corrected chi connectivity index (χ3v) is 5.30. The number of halogens is 1. The Bertz CT molecular complexity index is 887. The second kappa shape index (κ2) is 9.97. The molecule has 1 aromatic heterocycles. The van der Waals surface area contributed by atoms with Crippen LogP contribution in [0, 0.1) is 0 Å². The van der Waals surface area contributed by atoms with Crippen molar-refractivity contribution in [1.82, 2.24) is 14.8 Å². The Morgan fingerprint density at radius 1 is 1.04 bits per heavy atom. The molecule has 2 aromatic carbocycles. The molecule has 0 unspecified atom stereocenters. The summed E-state index contributed by atoms with van der Waals surface area (Å²) in [6.45, 7) is 3.67. The molecule has 0 atom stereocenters. The summed E-state index contributed by atoms with van der Waals surface area (Å²) in [6.07, 6.45) is 2.15. The van der Waals surface area contributed by atoms with Crippen molar-refractivity contribution in [2.24, 2.45) is 7.05 Å². The molecular weight excluding hydrogens is 370 g/mol. The zero-order valence-corrected chi connectivity index (χ0v) is 17.8. The van der Waals surface area contributed by atoms with Gasteiger partial charge in [-0.1, -0.05) is 29.8 Å². The number of benzene rings is 2. The minimum absolute atomic E-state index is 0.544. The number of ether oxygens (including phenoxy) is 1. The van der Waals surface area contributed by atoms with Crippen LogP contribution in [0.3, 0.4) is 0 Å². The third-order valence-electron chi connectivity index (χ3n) is 5.04. The normalized spacial score (nSPS) is 11.5. The Kier molecular flexibility index (Phi) is 7.37. The van der Waals surface area contributed by atoms with Gasteiger partial charge >= 0.3 is 0 Å². The molecule has 0 spiro atoms. The first-order valence-corrected chi connectivity index (χ1v) is 10.2. The van der Waals surface area contributed by atoms with Crippen LogP contribution in [-0.4, -0.2) is 43.2 Å². The van der Waals surface area contributed by atoms with Gasteiger partial charge in [0, 0.05) is 23.0 Å². The number of fused-ring (bicyclic) bond motifs is 1. The third kappa shape index (κ3) is 5.28. The van der Waals surface area contributed by atoms with Gasteiger partial charge in [0.15, 0.2) is 0 Å². The summed E-state index contributed by atoms with van der Waals surface area (Å²) in [6, 6.07) is 16.1. The van der Waals surface area contributed by atoms with E-state index in [9.17, 15) is 0 Å². The highest BCUT2D eigenvalue weighted by atomic mass is 35.5. The van der Waals surface area contributed by atoms with E-state index in [0.29, 0.717) is 6.61 Å². The number of hydrogen-bond donors (Lipinski definition) is 1. The van der Waals surface area contributed by atoms with Gasteiger partial charge in [0.2, 0.25) is 0 Å². The lowest BCUT2D eigenvalue weighted by molar-refractivity contribution is 0.296. The molecule has 0 amide bonds. The minimum atomic E-state index is 0.544. The summed E-state index contributed by atoms with van der Waals surface area (Å²) < 4.78 is 8.32. The summed E-state index contributed by atoms with van der Waals surface area (Å²) >= 11 is 5.97. The Balaban J connectivity index is 1.70. The molecule has 0 radical (unpaired) electrons. The maximum atomic E-state index is 6.06. The number of hydrogen-bond acceptors (Lipinski definition) is 3. The van der Waals surface area contributed by atoms with Gasteiger partial charge in [-0.3, -0.25) is 0 Å². The van der Waals surface area contributed by atoms with Crippen molar-refractivity contribution in [3.8, 4) is 5.75 Å². The molecule has 4 nitrogen and oxygen atoms in total. The van der Waals surface area contributed by atoms with Crippen molar-refractivity contribution in [3.05, 3.63) is 64.8 Å². The summed E-state index contributed by atoms with van der Waals surface area (Å²) in [5, 5.41) is 5.61. The summed E-state index contributed by atoms with van der Waals surface area (Å²) in [7, 11) is 6.35. The Morgan fingerprint density at radius 3 is 2.54 bits per heavy atom. The Labute approximate surface area is 173 Å². The van der Waals surface area contributed by atoms with Crippen molar-refractivity contribution >= 4 is 22.5 Å². The van der Waals surface area contributed by atoms with Crippen molar-refractivity contribution in [2.45, 2.75) is 19.4 Å². The van der Waals surface area contributed by atoms with Crippen LogP contribution in [0.5, 0.6) is 5.75 Å². The second-order valence-corrected chi connectivity index (χ2v) is 7.84. The lowest BCUT2D eigenvalue weighted by atomic mass is 10.1. The van der Waals surface area contributed by atoms with E-state index in [1.165, 1.54) is 22.2 Å². The molecule has 0 aliphatic rings. The maximum absolute atomic E-state index is 6.06. The highest BCUT2D eigenvalue weighted by Gasteiger charge is 2.15. The highest BCUT2D eigenvalue weighted by molar-refractivity contribution is 6.30. The maximum Gasteiger partial charge on any atom is 0.128 e. The van der Waals surface area contributed by atoms with Gasteiger partial charge in [-0.2, -0.15) is 0 Å². The largest absolute Gasteiger partial charge is 0.487 e. The quantitative estimate of drug-likeness (QED) is 0.509. The van der Waals surface area contributed by atoms with E-state index >= 15 is 0 Å². The molecule has 3 aromatic rings. The van der Waals surface area contributed by atoms with E-state index < -0.39 is 0 Å². The molecule has 1 heterocycles. The number of aryl methyl sites for hydroxylation is 1. The van der Waals surface area contributed by atoms with Crippen LogP contribution in [0.2, 0.25) is 5.02 Å². The average Bonchev–Trinajstić information content (AvgIpc) is 2.96. The van der Waals surface area contributed by atoms with Gasteiger partial charge in [-0.05, 0) is 82.5 Å². The van der Waals surface area contributed by atoms with E-state index in [1.807, 2.05) is 24.3 Å². The Hall–Kier alpha value is -2.01. The van der Waals surface area contributed by atoms with E-state index in [2.05, 4.69) is 60.2 Å². The van der Waals surface area contributed by atoms with Gasteiger partial charge in [-0.25, -0.2) is 0 Å². The molecule has 0 aliphatic carbocycles. The topological polar surface area (TPSA) is 29.4 Å². The predicted octanol–water partition coefficient (Wildman–Crippen LogP) is 4.49. The molecule has 5 heteroatoms. The molecule has 0 fully saturated rings. The van der Waals surface area contributed by atoms with Crippen LogP contribution in [0.15, 0.2) is 48.5 Å². The average molecular weight is 400 g/mol. The minimum Gasteiger partial charge on any atom is -0.487 e. The first-order valence-electron chi connectivity index (χ1n) is 9.85. The van der Waals surface area contributed by atoms with Gasteiger partial charge in [0.05, 0.1) is 5.69 Å². The molecule has 1 N–H and O–H groups in total. The van der Waals surface area contributed by atoms with Crippen LogP contribution in [0.1, 0.15) is 17.7 Å². The van der Waals surface area contributed by atoms with Crippen molar-refractivity contribution in [2.75, 3.05) is 33.7 Å². The molecule has 0 saturated heterocycles. The van der Waals surface area contributed by atoms with Crippen LogP contribution >= 0.6 is 11.6 Å². The van der Waals surface area contributed by atoms with Gasteiger partial charge in [0.25, 0.3) is 0 Å². The van der Waals surface area contributed by atoms with E-state index in [0.717, 1.165) is 43.2 Å². The van der Waals surface area contributed by atoms with Gasteiger partial charge in [-0.15, -0.1) is 0 Å². The molecule has 150 valence electrons. The van der Waals surface area contributed by atoms with Crippen LogP contribution in [-0.2, 0) is 20.1 Å². The van der Waals surface area contributed by atoms with E-state index in [4.69, 9.17) is 16.3 Å². The number of nitrogens with zero attached hydrogens (tertiary/aromatic N) is 2. The van der Waals surface area contributed by atoms with Crippen LogP contribution < -0.4 is 10.1 Å². The lowest BCUT2D eigenvalue weighted by Crippen LogP contribution is -2.23. The fourth-order valence-corrected chi connectivity index (χ4v) is 3.65. The van der Waals surface area contributed by atoms with Crippen LogP contribution in [0.25, 0.3) is 10.9 Å². The standard InChI is InChI=1S/C23H30ClN3O/c1-26(2)16-6-14-25-15-13-21-20-7-4-5-8-22(20)27(3)23(21)17-28-19-11-9-18(24)10-12-19/h4-5,7-12,25H,6,13-17H2,1-3H3. The second-order valence-electron chi connectivity index (χ2n) is 7.40. The zero-order chi connectivity index (χ0) is 19.9. The van der Waals surface area contributed by atoms with Gasteiger partial charge < -0.3 is 19.5 Å². The number of rotatable bonds is 10. The summed E-state index contributed by atoms with van der Waals surface area (Å²) in [5.74, 6) is 0.836. The summed E-state index contributed by atoms with van der Waals surface area (Å²) in [5.41, 5.74) is 3.85. The fourth-order valence-electron chi connectivity index (χ4n) is 3.53. The number of aromatic nitrogens is 1. The van der Waals surface area contributed by atoms with E-state index in [-0.39, 0.29) is 0 Å². The van der Waals surface area contributed by atoms with Crippen molar-refractivity contribution in [1.29, 1.82) is 0 Å². The SMILES string of the molecule is CN(C)CCCNCCc1c(COc2ccc(Cl)cc2)n(C)c2ccccc12. The molecule has 0 saturated carbocycles. The monoisotopic (exact) mass is 399 g/mol. The lowest BCUT2D eigenvalue weighted by Gasteiger charge is -2.12. The fraction of sp³-hybridized carbons (Fsp3) is 0.391.